The second kappa shape index (κ2) is 5.35. The lowest BCUT2D eigenvalue weighted by Crippen LogP contribution is -2.54. The van der Waals surface area contributed by atoms with E-state index in [1.54, 1.807) is 4.90 Å². The fraction of sp³-hybridized carbons (Fsp3) is 0.818. The largest absolute Gasteiger partial charge is 0.444 e. The van der Waals surface area contributed by atoms with E-state index >= 15 is 0 Å². The van der Waals surface area contributed by atoms with Crippen molar-refractivity contribution >= 4 is 12.0 Å². The molecule has 0 saturated carbocycles. The average Bonchev–Trinajstić information content (AvgIpc) is 2.04. The summed E-state index contributed by atoms with van der Waals surface area (Å²) in [5.74, 6) is 0.00944. The van der Waals surface area contributed by atoms with Crippen molar-refractivity contribution in [2.45, 2.75) is 26.4 Å². The number of rotatable bonds is 4. The third-order valence-corrected chi connectivity index (χ3v) is 2.34. The Labute approximate surface area is 101 Å². The Morgan fingerprint density at radius 2 is 2.00 bits per heavy atom. The van der Waals surface area contributed by atoms with Gasteiger partial charge in [0, 0.05) is 25.6 Å². The molecule has 6 nitrogen and oxygen atoms in total. The first kappa shape index (κ1) is 13.8. The number of amides is 2. The standard InChI is InChI=1S/C11H21N3O3/c1-11(2,3)17-10(16)14-6-8(7-14)4-13-5-9(12)15/h8,13H,4-7H2,1-3H3,(H2,12,15). The highest BCUT2D eigenvalue weighted by Crippen LogP contribution is 2.18. The molecule has 1 aliphatic heterocycles. The molecule has 0 aliphatic carbocycles. The van der Waals surface area contributed by atoms with Gasteiger partial charge >= 0.3 is 6.09 Å². The second-order valence-electron chi connectivity index (χ2n) is 5.35. The van der Waals surface area contributed by atoms with Gasteiger partial charge in [0.05, 0.1) is 6.54 Å². The minimum atomic E-state index is -0.452. The highest BCUT2D eigenvalue weighted by Gasteiger charge is 2.33. The van der Waals surface area contributed by atoms with Crippen LogP contribution in [-0.4, -0.2) is 48.7 Å². The minimum absolute atomic E-state index is 0.183. The number of carbonyl (C=O) groups excluding carboxylic acids is 2. The number of nitrogens with two attached hydrogens (primary N) is 1. The summed E-state index contributed by atoms with van der Waals surface area (Å²) < 4.78 is 5.23. The summed E-state index contributed by atoms with van der Waals surface area (Å²) in [5.41, 5.74) is 4.55. The van der Waals surface area contributed by atoms with E-state index in [1.807, 2.05) is 20.8 Å². The minimum Gasteiger partial charge on any atom is -0.444 e. The average molecular weight is 243 g/mol. The zero-order valence-electron chi connectivity index (χ0n) is 10.7. The third-order valence-electron chi connectivity index (χ3n) is 2.34. The van der Waals surface area contributed by atoms with Crippen LogP contribution in [0.15, 0.2) is 0 Å². The zero-order valence-corrected chi connectivity index (χ0v) is 10.7. The van der Waals surface area contributed by atoms with Crippen LogP contribution < -0.4 is 11.1 Å². The molecule has 1 saturated heterocycles. The maximum absolute atomic E-state index is 11.6. The normalized spacial score (nSPS) is 16.5. The summed E-state index contributed by atoms with van der Waals surface area (Å²) in [6.45, 7) is 7.75. The van der Waals surface area contributed by atoms with Crippen LogP contribution in [0.25, 0.3) is 0 Å². The molecule has 0 radical (unpaired) electrons. The summed E-state index contributed by atoms with van der Waals surface area (Å²) in [4.78, 5) is 23.7. The van der Waals surface area contributed by atoms with E-state index in [1.165, 1.54) is 0 Å². The number of nitrogens with zero attached hydrogens (tertiary/aromatic N) is 1. The lowest BCUT2D eigenvalue weighted by atomic mass is 10.0. The number of nitrogens with one attached hydrogen (secondary N) is 1. The lowest BCUT2D eigenvalue weighted by molar-refractivity contribution is -0.117. The molecule has 1 heterocycles. The van der Waals surface area contributed by atoms with Crippen LogP contribution >= 0.6 is 0 Å². The molecule has 2 amide bonds. The summed E-state index contributed by atoms with van der Waals surface area (Å²) >= 11 is 0. The predicted octanol–water partition coefficient (Wildman–Crippen LogP) is -0.0718. The van der Waals surface area contributed by atoms with Crippen LogP contribution in [-0.2, 0) is 9.53 Å². The van der Waals surface area contributed by atoms with E-state index in [-0.39, 0.29) is 18.5 Å². The van der Waals surface area contributed by atoms with E-state index < -0.39 is 5.60 Å². The highest BCUT2D eigenvalue weighted by molar-refractivity contribution is 5.75. The Morgan fingerprint density at radius 3 is 2.47 bits per heavy atom. The molecule has 6 heteroatoms. The van der Waals surface area contributed by atoms with Gasteiger partial charge in [-0.05, 0) is 20.8 Å². The van der Waals surface area contributed by atoms with Gasteiger partial charge in [0.15, 0.2) is 0 Å². The number of primary amides is 1. The molecule has 1 fully saturated rings. The van der Waals surface area contributed by atoms with Crippen molar-refractivity contribution in [1.29, 1.82) is 0 Å². The Morgan fingerprint density at radius 1 is 1.41 bits per heavy atom. The first-order valence-corrected chi connectivity index (χ1v) is 5.75. The number of ether oxygens (including phenoxy) is 1. The first-order chi connectivity index (χ1) is 7.78. The van der Waals surface area contributed by atoms with Crippen molar-refractivity contribution in [2.24, 2.45) is 11.7 Å². The molecule has 0 unspecified atom stereocenters. The maximum Gasteiger partial charge on any atom is 0.410 e. The summed E-state index contributed by atoms with van der Waals surface area (Å²) in [6.07, 6.45) is -0.274. The molecule has 1 aliphatic rings. The molecule has 0 aromatic carbocycles. The lowest BCUT2D eigenvalue weighted by Gasteiger charge is -2.39. The number of hydrogen-bond acceptors (Lipinski definition) is 4. The predicted molar refractivity (Wildman–Crippen MR) is 63.4 cm³/mol. The van der Waals surface area contributed by atoms with Gasteiger partial charge < -0.3 is 20.7 Å². The van der Waals surface area contributed by atoms with Crippen LogP contribution in [0.5, 0.6) is 0 Å². The van der Waals surface area contributed by atoms with Crippen molar-refractivity contribution in [3.63, 3.8) is 0 Å². The fourth-order valence-electron chi connectivity index (χ4n) is 1.57. The Kier molecular flexibility index (Phi) is 4.34. The van der Waals surface area contributed by atoms with E-state index in [4.69, 9.17) is 10.5 Å². The molecular formula is C11H21N3O3. The summed E-state index contributed by atoms with van der Waals surface area (Å²) in [5, 5.41) is 2.94. The van der Waals surface area contributed by atoms with E-state index in [2.05, 4.69) is 5.32 Å². The summed E-state index contributed by atoms with van der Waals surface area (Å²) in [6, 6.07) is 0. The van der Waals surface area contributed by atoms with Crippen molar-refractivity contribution in [3.05, 3.63) is 0 Å². The van der Waals surface area contributed by atoms with Gasteiger partial charge in [0.25, 0.3) is 0 Å². The van der Waals surface area contributed by atoms with Gasteiger partial charge in [-0.1, -0.05) is 0 Å². The highest BCUT2D eigenvalue weighted by atomic mass is 16.6. The van der Waals surface area contributed by atoms with Crippen LogP contribution in [0.3, 0.4) is 0 Å². The first-order valence-electron chi connectivity index (χ1n) is 5.75. The molecular weight excluding hydrogens is 222 g/mol. The third kappa shape index (κ3) is 5.04. The van der Waals surface area contributed by atoms with Crippen molar-refractivity contribution in [3.8, 4) is 0 Å². The molecule has 1 rings (SSSR count). The molecule has 98 valence electrons. The van der Waals surface area contributed by atoms with Gasteiger partial charge in [0.2, 0.25) is 5.91 Å². The molecule has 0 bridgehead atoms. The number of likely N-dealkylation sites (tertiary alicyclic amines) is 1. The topological polar surface area (TPSA) is 84.7 Å². The molecule has 0 aromatic heterocycles. The number of carbonyl (C=O) groups is 2. The fourth-order valence-corrected chi connectivity index (χ4v) is 1.57. The second-order valence-corrected chi connectivity index (χ2v) is 5.35. The zero-order chi connectivity index (χ0) is 13.1. The van der Waals surface area contributed by atoms with Crippen molar-refractivity contribution in [1.82, 2.24) is 10.2 Å². The quantitative estimate of drug-likeness (QED) is 0.723. The monoisotopic (exact) mass is 243 g/mol. The van der Waals surface area contributed by atoms with Gasteiger partial charge in [-0.25, -0.2) is 4.79 Å². The summed E-state index contributed by atoms with van der Waals surface area (Å²) in [7, 11) is 0. The van der Waals surface area contributed by atoms with Gasteiger partial charge in [-0.3, -0.25) is 4.79 Å². The molecule has 17 heavy (non-hydrogen) atoms. The van der Waals surface area contributed by atoms with Crippen LogP contribution in [0.2, 0.25) is 0 Å². The van der Waals surface area contributed by atoms with Crippen LogP contribution in [0.4, 0.5) is 4.79 Å². The van der Waals surface area contributed by atoms with Crippen LogP contribution in [0, 0.1) is 5.92 Å². The molecule has 3 N–H and O–H groups in total. The van der Waals surface area contributed by atoms with Crippen molar-refractivity contribution in [2.75, 3.05) is 26.2 Å². The smallest absolute Gasteiger partial charge is 0.410 e. The maximum atomic E-state index is 11.6. The van der Waals surface area contributed by atoms with E-state index in [0.717, 1.165) is 0 Å². The van der Waals surface area contributed by atoms with E-state index in [0.29, 0.717) is 25.6 Å². The molecule has 0 spiro atoms. The van der Waals surface area contributed by atoms with Crippen molar-refractivity contribution < 1.29 is 14.3 Å². The SMILES string of the molecule is CC(C)(C)OC(=O)N1CC(CNCC(N)=O)C1. The molecule has 0 atom stereocenters. The van der Waals surface area contributed by atoms with Gasteiger partial charge in [0.1, 0.15) is 5.60 Å². The van der Waals surface area contributed by atoms with Crippen LogP contribution in [0.1, 0.15) is 20.8 Å². The number of hydrogen-bond donors (Lipinski definition) is 2. The Balaban J connectivity index is 2.14. The van der Waals surface area contributed by atoms with E-state index in [9.17, 15) is 9.59 Å². The molecule has 0 aromatic rings. The Hall–Kier alpha value is -1.30. The van der Waals surface area contributed by atoms with Gasteiger partial charge in [-0.2, -0.15) is 0 Å². The van der Waals surface area contributed by atoms with Gasteiger partial charge in [-0.15, -0.1) is 0 Å². The Bertz CT molecular complexity index is 293.